The van der Waals surface area contributed by atoms with E-state index in [9.17, 15) is 14.7 Å². The average molecular weight is 267 g/mol. The molecule has 18 heavy (non-hydrogen) atoms. The van der Waals surface area contributed by atoms with Crippen molar-refractivity contribution < 1.29 is 14.7 Å². The molecule has 2 amide bonds. The van der Waals surface area contributed by atoms with E-state index in [1.54, 1.807) is 12.1 Å². The van der Waals surface area contributed by atoms with Gasteiger partial charge >= 0.3 is 0 Å². The Morgan fingerprint density at radius 3 is 2.94 bits per heavy atom. The highest BCUT2D eigenvalue weighted by Crippen LogP contribution is 2.30. The quantitative estimate of drug-likeness (QED) is 0.732. The molecule has 2 N–H and O–H groups in total. The fourth-order valence-corrected chi connectivity index (χ4v) is 2.63. The fourth-order valence-electron chi connectivity index (χ4n) is 2.46. The molecule has 0 radical (unpaired) electrons. The van der Waals surface area contributed by atoms with Crippen molar-refractivity contribution in [1.29, 1.82) is 0 Å². The largest absolute Gasteiger partial charge is 0.391 e. The Labute approximate surface area is 108 Å². The van der Waals surface area contributed by atoms with Crippen molar-refractivity contribution in [3.8, 4) is 0 Å². The van der Waals surface area contributed by atoms with E-state index in [-0.39, 0.29) is 24.8 Å². The second-order valence-corrected chi connectivity index (χ2v) is 4.98. The highest BCUT2D eigenvalue weighted by molar-refractivity contribution is 6.31. The Kier molecular flexibility index (Phi) is 2.53. The van der Waals surface area contributed by atoms with Crippen LogP contribution >= 0.6 is 11.6 Å². The number of hydrogen-bond donors (Lipinski definition) is 2. The van der Waals surface area contributed by atoms with Gasteiger partial charge in [0.2, 0.25) is 5.91 Å². The second-order valence-electron chi connectivity index (χ2n) is 4.54. The zero-order chi connectivity index (χ0) is 12.9. The van der Waals surface area contributed by atoms with Gasteiger partial charge in [-0.3, -0.25) is 9.59 Å². The van der Waals surface area contributed by atoms with Crippen molar-refractivity contribution in [3.05, 3.63) is 28.8 Å². The molecule has 6 heteroatoms. The van der Waals surface area contributed by atoms with E-state index < -0.39 is 12.1 Å². The number of halogens is 1. The SMILES string of the molecule is O=C1Nc2ccc(Cl)cc2C(=O)N2CC(O)CC12. The summed E-state index contributed by atoms with van der Waals surface area (Å²) >= 11 is 5.87. The monoisotopic (exact) mass is 266 g/mol. The number of benzene rings is 1. The van der Waals surface area contributed by atoms with Gasteiger partial charge in [0, 0.05) is 18.0 Å². The highest BCUT2D eigenvalue weighted by atomic mass is 35.5. The highest BCUT2D eigenvalue weighted by Gasteiger charge is 2.42. The molecule has 94 valence electrons. The standard InChI is InChI=1S/C12H11ClN2O3/c13-6-1-2-9-8(3-6)12(18)15-5-7(16)4-10(15)11(17)14-9/h1-3,7,10,16H,4-5H2,(H,14,17). The smallest absolute Gasteiger partial charge is 0.256 e. The molecule has 0 saturated carbocycles. The maximum Gasteiger partial charge on any atom is 0.256 e. The lowest BCUT2D eigenvalue weighted by Crippen LogP contribution is -2.40. The third-order valence-corrected chi connectivity index (χ3v) is 3.55. The molecule has 3 rings (SSSR count). The Morgan fingerprint density at radius 1 is 1.39 bits per heavy atom. The summed E-state index contributed by atoms with van der Waals surface area (Å²) in [5.74, 6) is -0.534. The van der Waals surface area contributed by atoms with Gasteiger partial charge in [-0.05, 0) is 18.2 Å². The van der Waals surface area contributed by atoms with Crippen LogP contribution in [0.15, 0.2) is 18.2 Å². The van der Waals surface area contributed by atoms with Gasteiger partial charge in [-0.15, -0.1) is 0 Å². The van der Waals surface area contributed by atoms with Gasteiger partial charge in [0.1, 0.15) is 6.04 Å². The summed E-state index contributed by atoms with van der Waals surface area (Å²) in [6.45, 7) is 0.183. The maximum absolute atomic E-state index is 12.3. The number of nitrogens with one attached hydrogen (secondary N) is 1. The number of fused-ring (bicyclic) bond motifs is 2. The normalized spacial score (nSPS) is 26.4. The fraction of sp³-hybridized carbons (Fsp3) is 0.333. The summed E-state index contributed by atoms with van der Waals surface area (Å²) in [5.41, 5.74) is 0.839. The van der Waals surface area contributed by atoms with Crippen LogP contribution in [0, 0.1) is 0 Å². The van der Waals surface area contributed by atoms with Gasteiger partial charge < -0.3 is 15.3 Å². The minimum absolute atomic E-state index is 0.183. The first-order valence-corrected chi connectivity index (χ1v) is 6.03. The first-order valence-electron chi connectivity index (χ1n) is 5.65. The van der Waals surface area contributed by atoms with Crippen LogP contribution < -0.4 is 5.32 Å². The van der Waals surface area contributed by atoms with E-state index in [4.69, 9.17) is 11.6 Å². The topological polar surface area (TPSA) is 69.6 Å². The van der Waals surface area contributed by atoms with E-state index in [2.05, 4.69) is 5.32 Å². The predicted molar refractivity (Wildman–Crippen MR) is 65.5 cm³/mol. The lowest BCUT2D eigenvalue weighted by Gasteiger charge is -2.19. The lowest BCUT2D eigenvalue weighted by atomic mass is 10.1. The minimum Gasteiger partial charge on any atom is -0.391 e. The molecule has 1 aromatic rings. The van der Waals surface area contributed by atoms with Crippen LogP contribution in [0.2, 0.25) is 5.02 Å². The van der Waals surface area contributed by atoms with Crippen molar-refractivity contribution >= 4 is 29.1 Å². The molecule has 2 aliphatic rings. The summed E-state index contributed by atoms with van der Waals surface area (Å²) < 4.78 is 0. The molecular weight excluding hydrogens is 256 g/mol. The lowest BCUT2D eigenvalue weighted by molar-refractivity contribution is -0.119. The number of carbonyl (C=O) groups excluding carboxylic acids is 2. The molecule has 5 nitrogen and oxygen atoms in total. The number of rotatable bonds is 0. The van der Waals surface area contributed by atoms with Gasteiger partial charge in [-0.2, -0.15) is 0 Å². The van der Waals surface area contributed by atoms with Crippen molar-refractivity contribution in [1.82, 2.24) is 4.90 Å². The summed E-state index contributed by atoms with van der Waals surface area (Å²) in [6, 6.07) is 4.18. The molecule has 0 aromatic heterocycles. The molecule has 2 heterocycles. The zero-order valence-electron chi connectivity index (χ0n) is 9.39. The van der Waals surface area contributed by atoms with Gasteiger partial charge in [-0.1, -0.05) is 11.6 Å². The molecule has 2 aliphatic heterocycles. The van der Waals surface area contributed by atoms with E-state index in [1.165, 1.54) is 11.0 Å². The van der Waals surface area contributed by atoms with Crippen molar-refractivity contribution in [2.24, 2.45) is 0 Å². The molecule has 2 unspecified atom stereocenters. The number of nitrogens with zero attached hydrogens (tertiary/aromatic N) is 1. The van der Waals surface area contributed by atoms with Gasteiger partial charge in [0.25, 0.3) is 5.91 Å². The number of hydrogen-bond acceptors (Lipinski definition) is 3. The molecule has 1 fully saturated rings. The third-order valence-electron chi connectivity index (χ3n) is 3.31. The number of anilines is 1. The molecule has 1 saturated heterocycles. The minimum atomic E-state index is -0.648. The number of amides is 2. The van der Waals surface area contributed by atoms with Crippen molar-refractivity contribution in [3.63, 3.8) is 0 Å². The van der Waals surface area contributed by atoms with Crippen LogP contribution in [0.25, 0.3) is 0 Å². The molecule has 0 spiro atoms. The predicted octanol–water partition coefficient (Wildman–Crippen LogP) is 0.867. The van der Waals surface area contributed by atoms with E-state index in [0.29, 0.717) is 16.3 Å². The maximum atomic E-state index is 12.3. The van der Waals surface area contributed by atoms with Gasteiger partial charge in [-0.25, -0.2) is 0 Å². The first kappa shape index (κ1) is 11.5. The van der Waals surface area contributed by atoms with Crippen molar-refractivity contribution in [2.75, 3.05) is 11.9 Å². The molecule has 0 aliphatic carbocycles. The molecular formula is C12H11ClN2O3. The van der Waals surface area contributed by atoms with Crippen molar-refractivity contribution in [2.45, 2.75) is 18.6 Å². The number of aliphatic hydroxyl groups excluding tert-OH is 1. The molecule has 0 bridgehead atoms. The summed E-state index contributed by atoms with van der Waals surface area (Å²) in [6.07, 6.45) is -0.371. The Bertz CT molecular complexity index is 546. The van der Waals surface area contributed by atoms with Gasteiger partial charge in [0.15, 0.2) is 0 Å². The molecule has 1 aromatic carbocycles. The van der Waals surface area contributed by atoms with E-state index >= 15 is 0 Å². The van der Waals surface area contributed by atoms with Crippen LogP contribution in [-0.4, -0.2) is 40.5 Å². The summed E-state index contributed by atoms with van der Waals surface area (Å²) in [5, 5.41) is 12.7. The zero-order valence-corrected chi connectivity index (χ0v) is 10.1. The molecule has 2 atom stereocenters. The summed E-state index contributed by atoms with van der Waals surface area (Å²) in [7, 11) is 0. The Hall–Kier alpha value is -1.59. The first-order chi connectivity index (χ1) is 8.56. The van der Waals surface area contributed by atoms with E-state index in [0.717, 1.165) is 0 Å². The van der Waals surface area contributed by atoms with Crippen LogP contribution in [-0.2, 0) is 4.79 Å². The second kappa shape index (κ2) is 3.96. The summed E-state index contributed by atoms with van der Waals surface area (Å²) in [4.78, 5) is 25.7. The van der Waals surface area contributed by atoms with Crippen LogP contribution in [0.3, 0.4) is 0 Å². The van der Waals surface area contributed by atoms with Crippen LogP contribution in [0.5, 0.6) is 0 Å². The number of aliphatic hydroxyl groups is 1. The van der Waals surface area contributed by atoms with Gasteiger partial charge in [0.05, 0.1) is 17.4 Å². The van der Waals surface area contributed by atoms with Crippen LogP contribution in [0.1, 0.15) is 16.8 Å². The van der Waals surface area contributed by atoms with Crippen LogP contribution in [0.4, 0.5) is 5.69 Å². The Balaban J connectivity index is 2.09. The third kappa shape index (κ3) is 1.67. The van der Waals surface area contributed by atoms with E-state index in [1.807, 2.05) is 0 Å². The number of carbonyl (C=O) groups is 2. The Morgan fingerprint density at radius 2 is 2.17 bits per heavy atom. The average Bonchev–Trinajstić information content (AvgIpc) is 2.69.